The van der Waals surface area contributed by atoms with Crippen molar-refractivity contribution >= 4 is 87.6 Å². The lowest BCUT2D eigenvalue weighted by Crippen LogP contribution is -2.42. The molecule has 800 valence electrons. The van der Waals surface area contributed by atoms with Gasteiger partial charge in [0.1, 0.15) is 57.0 Å². The summed E-state index contributed by atoms with van der Waals surface area (Å²) >= 11 is 0. The smallest absolute Gasteiger partial charge is 0.251 e. The molecule has 7 amide bonds. The average molecular weight is 1970 g/mol. The van der Waals surface area contributed by atoms with Crippen molar-refractivity contribution < 1.29 is 124 Å². The maximum absolute atomic E-state index is 13.2. The lowest BCUT2D eigenvalue weighted by Gasteiger charge is -2.21. The molecule has 0 bridgehead atoms. The Morgan fingerprint density at radius 2 is 0.406 bits per heavy atom. The molecule has 0 aliphatic carbocycles. The maximum Gasteiger partial charge on any atom is 0.251 e. The second-order valence-electron chi connectivity index (χ2n) is 47.0. The van der Waals surface area contributed by atoms with Crippen molar-refractivity contribution in [1.29, 1.82) is 0 Å². The van der Waals surface area contributed by atoms with Gasteiger partial charge in [0.15, 0.2) is 28.9 Å². The average Bonchev–Trinajstić information content (AvgIpc) is 0.823. The Morgan fingerprint density at radius 3 is 0.659 bits per heavy atom. The van der Waals surface area contributed by atoms with Crippen LogP contribution in [0.2, 0.25) is 0 Å². The van der Waals surface area contributed by atoms with E-state index < -0.39 is 5.91 Å². The molecule has 0 radical (unpaired) electrons. The fourth-order valence-electron chi connectivity index (χ4n) is 12.0. The standard InChI is InChI=1S/C41H68N4O12.C20H37NO5.C18H34O5.2C13H25NO2/c1-39(2,3)43-35(48)27-55-21-18-52-15-10-12-33(46)30-24-31(34(47)13-11-16-53-19-22-56-28-36(49)44-40(4,5)6)26-32(25-30)38(51)42-14-17-54-20-23-57-29-37(50)45-41(7,8)9;1-19(2,3)13-16(22)7-8-18(24)21-9-10-25-11-12-26-15-17(23)14-20(4,5)6;1-17(2,3)11-15(19)13-22-9-7-21-8-10-23-14-16(20)12-18(4,5)6;2*1-12(2,3)9-10(15)7-8-11(16)14-13(4,5)6/h24-26H,10-23,27-29H2,1-9H3,(H,42,51)(H,43,48)(H,44,49)(H,45,50);7-15H2,1-6H3,(H,21,24);7-14H2,1-6H3;2*7-9H2,1-6H3,(H,14,16). The summed E-state index contributed by atoms with van der Waals surface area (Å²) in [6.45, 7) is 70.4. The minimum absolute atomic E-state index is 0.00128. The summed E-state index contributed by atoms with van der Waals surface area (Å²) in [6.07, 6.45) is 5.91. The first-order valence-corrected chi connectivity index (χ1v) is 48.8. The van der Waals surface area contributed by atoms with Crippen LogP contribution in [0.4, 0.5) is 0 Å². The SMILES string of the molecule is CC(C)(C)CC(=O)CCC(=O)NC(C)(C)C.CC(C)(C)CC(=O)CCC(=O)NC(C)(C)C.CC(C)(C)CC(=O)CCC(=O)NCCOCCOCC(=O)CC(C)(C)C.CC(C)(C)CC(=O)COCCOCCOCC(=O)CC(C)(C)C.CC(C)(C)NC(=O)COCCOCCCC(=O)c1cc(C(=O)CCCOCCOCC(=O)NC(C)(C)C)cc(C(=O)NCCOCCOCC(=O)NC(C)(C)C)c1. The zero-order valence-electron chi connectivity index (χ0n) is 91.6. The van der Waals surface area contributed by atoms with Crippen LogP contribution in [0.15, 0.2) is 18.2 Å². The van der Waals surface area contributed by atoms with Crippen LogP contribution in [0.3, 0.4) is 0 Å². The first-order chi connectivity index (χ1) is 63.0. The van der Waals surface area contributed by atoms with Gasteiger partial charge in [-0.1, -0.05) is 125 Å². The number of ether oxygens (including phenoxy) is 11. The van der Waals surface area contributed by atoms with Gasteiger partial charge in [0.2, 0.25) is 35.4 Å². The van der Waals surface area contributed by atoms with Crippen LogP contribution in [0.1, 0.15) is 362 Å². The van der Waals surface area contributed by atoms with Gasteiger partial charge in [-0.25, -0.2) is 0 Å². The topological polar surface area (TPSA) is 442 Å². The van der Waals surface area contributed by atoms with E-state index in [1.807, 2.05) is 228 Å². The molecular formula is C105H189N7O26. The molecule has 0 fully saturated rings. The largest absolute Gasteiger partial charge is 0.379 e. The van der Waals surface area contributed by atoms with Crippen molar-refractivity contribution in [3.8, 4) is 0 Å². The predicted octanol–water partition coefficient (Wildman–Crippen LogP) is 14.5. The van der Waals surface area contributed by atoms with Gasteiger partial charge in [-0.2, -0.15) is 0 Å². The summed E-state index contributed by atoms with van der Waals surface area (Å²) in [6, 6.07) is 4.43. The molecule has 7 N–H and O–H groups in total. The summed E-state index contributed by atoms with van der Waals surface area (Å²) in [5.74, 6) is -1.13. The lowest BCUT2D eigenvalue weighted by molar-refractivity contribution is -0.128. The van der Waals surface area contributed by atoms with Crippen LogP contribution in [-0.2, 0) is 110 Å². The van der Waals surface area contributed by atoms with Crippen molar-refractivity contribution in [3.63, 3.8) is 0 Å². The fraction of sp³-hybridized carbons (Fsp3) is 0.800. The van der Waals surface area contributed by atoms with Gasteiger partial charge in [0.05, 0.1) is 92.5 Å². The quantitative estimate of drug-likeness (QED) is 0.0235. The Hall–Kier alpha value is -7.57. The Kier molecular flexibility index (Phi) is 70.3. The first-order valence-electron chi connectivity index (χ1n) is 48.8. The highest BCUT2D eigenvalue weighted by atomic mass is 16.6. The minimum Gasteiger partial charge on any atom is -0.379 e. The van der Waals surface area contributed by atoms with Crippen LogP contribution >= 0.6 is 0 Å². The van der Waals surface area contributed by atoms with Crippen molar-refractivity contribution in [1.82, 2.24) is 37.2 Å². The molecule has 33 heteroatoms. The van der Waals surface area contributed by atoms with Gasteiger partial charge >= 0.3 is 0 Å². The number of benzene rings is 1. The molecule has 1 aromatic rings. The van der Waals surface area contributed by atoms with Crippen LogP contribution in [0.25, 0.3) is 0 Å². The highest BCUT2D eigenvalue weighted by Crippen LogP contribution is 2.25. The third-order valence-electron chi connectivity index (χ3n) is 16.9. The van der Waals surface area contributed by atoms with E-state index in [-0.39, 0.29) is 290 Å². The van der Waals surface area contributed by atoms with Crippen molar-refractivity contribution in [2.45, 2.75) is 359 Å². The van der Waals surface area contributed by atoms with E-state index in [0.29, 0.717) is 130 Å². The zero-order chi connectivity index (χ0) is 107. The Bertz CT molecular complexity index is 3400. The molecule has 0 heterocycles. The summed E-state index contributed by atoms with van der Waals surface area (Å²) in [4.78, 5) is 179. The number of hydrogen-bond acceptors (Lipinski definition) is 26. The van der Waals surface area contributed by atoms with Gasteiger partial charge in [-0.05, 0) is 167 Å². The van der Waals surface area contributed by atoms with E-state index in [1.165, 1.54) is 18.2 Å². The van der Waals surface area contributed by atoms with Crippen LogP contribution < -0.4 is 37.2 Å². The third-order valence-corrected chi connectivity index (χ3v) is 16.9. The molecule has 1 rings (SSSR count). The predicted molar refractivity (Wildman–Crippen MR) is 540 cm³/mol. The highest BCUT2D eigenvalue weighted by molar-refractivity contribution is 6.05. The van der Waals surface area contributed by atoms with E-state index in [2.05, 4.69) is 37.2 Å². The first kappa shape index (κ1) is 137. The monoisotopic (exact) mass is 1960 g/mol. The number of rotatable bonds is 62. The van der Waals surface area contributed by atoms with E-state index in [9.17, 15) is 71.9 Å². The molecule has 33 nitrogen and oxygen atoms in total. The number of Topliss-reactive ketones (excluding diaryl/α,β-unsaturated/α-hetero) is 8. The number of carbonyl (C=O) groups is 15. The van der Waals surface area contributed by atoms with Gasteiger partial charge < -0.3 is 89.3 Å². The van der Waals surface area contributed by atoms with Crippen LogP contribution in [0, 0.1) is 32.5 Å². The molecular weight excluding hydrogens is 1780 g/mol. The second kappa shape index (κ2) is 71.0. The molecule has 138 heavy (non-hydrogen) atoms. The summed E-state index contributed by atoms with van der Waals surface area (Å²) in [5, 5.41) is 19.6. The van der Waals surface area contributed by atoms with Crippen molar-refractivity contribution in [2.24, 2.45) is 32.5 Å². The number of carbonyl (C=O) groups excluding carboxylic acids is 15. The van der Waals surface area contributed by atoms with E-state index in [1.54, 1.807) is 0 Å². The van der Waals surface area contributed by atoms with E-state index >= 15 is 0 Å². The lowest BCUT2D eigenvalue weighted by atomic mass is 9.89. The summed E-state index contributed by atoms with van der Waals surface area (Å²) < 4.78 is 59.1. The Morgan fingerprint density at radius 1 is 0.203 bits per heavy atom. The van der Waals surface area contributed by atoms with Gasteiger partial charge in [-0.15, -0.1) is 0 Å². The molecule has 0 aliphatic heterocycles. The number of amides is 7. The summed E-state index contributed by atoms with van der Waals surface area (Å²) in [7, 11) is 0. The third kappa shape index (κ3) is 103. The van der Waals surface area contributed by atoms with E-state index in [0.717, 1.165) is 0 Å². The van der Waals surface area contributed by atoms with Crippen LogP contribution in [0.5, 0.6) is 0 Å². The van der Waals surface area contributed by atoms with E-state index in [4.69, 9.17) is 52.1 Å². The maximum atomic E-state index is 13.2. The molecule has 0 aromatic heterocycles. The van der Waals surface area contributed by atoms with Crippen LogP contribution in [-0.4, -0.2) is 274 Å². The van der Waals surface area contributed by atoms with Gasteiger partial charge in [0.25, 0.3) is 5.91 Å². The molecule has 0 spiro atoms. The second-order valence-corrected chi connectivity index (χ2v) is 47.0. The van der Waals surface area contributed by atoms with Crippen molar-refractivity contribution in [3.05, 3.63) is 34.9 Å². The minimum atomic E-state index is -0.476. The molecule has 0 saturated carbocycles. The Balaban J connectivity index is -0.000000914. The van der Waals surface area contributed by atoms with Gasteiger partial charge in [0, 0.05) is 161 Å². The molecule has 0 aliphatic rings. The molecule has 0 saturated heterocycles. The van der Waals surface area contributed by atoms with Crippen molar-refractivity contribution in [2.75, 3.05) is 158 Å². The molecule has 1 aromatic carbocycles. The fourth-order valence-corrected chi connectivity index (χ4v) is 12.0. The highest BCUT2D eigenvalue weighted by Gasteiger charge is 2.26. The molecule has 0 unspecified atom stereocenters. The molecule has 0 atom stereocenters. The number of ketones is 8. The van der Waals surface area contributed by atoms with Gasteiger partial charge in [-0.3, -0.25) is 71.9 Å². The normalized spacial score (nSPS) is 12.1. The zero-order valence-corrected chi connectivity index (χ0v) is 91.6. The summed E-state index contributed by atoms with van der Waals surface area (Å²) in [5.41, 5.74) is -0.907. The number of nitrogens with one attached hydrogen (secondary N) is 7. The Labute approximate surface area is 829 Å². The number of hydrogen-bond donors (Lipinski definition) is 7.